The maximum Gasteiger partial charge on any atom is 0.227 e. The Kier molecular flexibility index (Phi) is 4.93. The van der Waals surface area contributed by atoms with Gasteiger partial charge >= 0.3 is 0 Å². The summed E-state index contributed by atoms with van der Waals surface area (Å²) in [4.78, 5) is 12.1. The highest BCUT2D eigenvalue weighted by Crippen LogP contribution is 2.25. The third-order valence-corrected chi connectivity index (χ3v) is 3.51. The van der Waals surface area contributed by atoms with Crippen LogP contribution in [0.15, 0.2) is 24.3 Å². The minimum absolute atomic E-state index is 0.0607. The van der Waals surface area contributed by atoms with Gasteiger partial charge in [-0.15, -0.1) is 0 Å². The first-order valence-corrected chi connectivity index (χ1v) is 6.92. The molecule has 2 rings (SSSR count). The number of rotatable bonds is 5. The number of amides is 1. The summed E-state index contributed by atoms with van der Waals surface area (Å²) >= 11 is 0. The van der Waals surface area contributed by atoms with Gasteiger partial charge in [-0.05, 0) is 43.9 Å². The zero-order valence-electron chi connectivity index (χ0n) is 11.4. The lowest BCUT2D eigenvalue weighted by Crippen LogP contribution is -2.23. The second kappa shape index (κ2) is 6.68. The van der Waals surface area contributed by atoms with Gasteiger partial charge in [0, 0.05) is 24.3 Å². The molecule has 4 nitrogen and oxygen atoms in total. The average Bonchev–Trinajstić information content (AvgIpc) is 2.83. The van der Waals surface area contributed by atoms with E-state index in [4.69, 9.17) is 10.5 Å². The molecule has 1 aliphatic rings. The first-order valence-electron chi connectivity index (χ1n) is 6.92. The van der Waals surface area contributed by atoms with E-state index in [0.29, 0.717) is 13.2 Å². The number of anilines is 1. The highest BCUT2D eigenvalue weighted by Gasteiger charge is 2.27. The molecule has 1 aliphatic carbocycles. The second-order valence-electron chi connectivity index (χ2n) is 5.10. The first-order chi connectivity index (χ1) is 9.19. The largest absolute Gasteiger partial charge is 0.377 e. The summed E-state index contributed by atoms with van der Waals surface area (Å²) in [5, 5.41) is 2.97. The number of nitrogens with one attached hydrogen (secondary N) is 1. The van der Waals surface area contributed by atoms with Gasteiger partial charge < -0.3 is 15.8 Å². The molecule has 1 saturated carbocycles. The second-order valence-corrected chi connectivity index (χ2v) is 5.10. The molecule has 1 fully saturated rings. The molecule has 1 amide bonds. The van der Waals surface area contributed by atoms with Crippen LogP contribution in [0.1, 0.15) is 31.7 Å². The zero-order valence-corrected chi connectivity index (χ0v) is 11.4. The van der Waals surface area contributed by atoms with Gasteiger partial charge in [0.25, 0.3) is 0 Å². The van der Waals surface area contributed by atoms with E-state index in [0.717, 1.165) is 30.5 Å². The Bertz CT molecular complexity index is 434. The Morgan fingerprint density at radius 2 is 2.32 bits per heavy atom. The molecule has 0 aromatic heterocycles. The fraction of sp³-hybridized carbons (Fsp3) is 0.533. The van der Waals surface area contributed by atoms with E-state index in [1.165, 1.54) is 0 Å². The molecule has 2 unspecified atom stereocenters. The van der Waals surface area contributed by atoms with Crippen molar-refractivity contribution in [2.75, 3.05) is 11.9 Å². The lowest BCUT2D eigenvalue weighted by molar-refractivity contribution is -0.119. The highest BCUT2D eigenvalue weighted by molar-refractivity contribution is 5.92. The Labute approximate surface area is 114 Å². The van der Waals surface area contributed by atoms with Crippen LogP contribution in [-0.2, 0) is 16.1 Å². The molecule has 4 heteroatoms. The molecular weight excluding hydrogens is 240 g/mol. The summed E-state index contributed by atoms with van der Waals surface area (Å²) < 4.78 is 5.36. The molecule has 1 aromatic rings. The fourth-order valence-corrected chi connectivity index (χ4v) is 2.46. The number of hydrogen-bond acceptors (Lipinski definition) is 3. The molecule has 0 bridgehead atoms. The maximum absolute atomic E-state index is 12.1. The summed E-state index contributed by atoms with van der Waals surface area (Å²) in [6.45, 7) is 3.24. The van der Waals surface area contributed by atoms with Crippen molar-refractivity contribution < 1.29 is 9.53 Å². The van der Waals surface area contributed by atoms with Crippen molar-refractivity contribution in [3.63, 3.8) is 0 Å². The molecule has 0 heterocycles. The van der Waals surface area contributed by atoms with Crippen LogP contribution in [0.4, 0.5) is 5.69 Å². The lowest BCUT2D eigenvalue weighted by Gasteiger charge is -2.11. The van der Waals surface area contributed by atoms with Crippen LogP contribution in [0.25, 0.3) is 0 Å². The van der Waals surface area contributed by atoms with E-state index in [1.807, 2.05) is 31.2 Å². The molecule has 1 aromatic carbocycles. The monoisotopic (exact) mass is 262 g/mol. The van der Waals surface area contributed by atoms with E-state index in [1.54, 1.807) is 0 Å². The van der Waals surface area contributed by atoms with Crippen LogP contribution in [-0.4, -0.2) is 18.6 Å². The lowest BCUT2D eigenvalue weighted by atomic mass is 10.1. The predicted octanol–water partition coefficient (Wildman–Crippen LogP) is 2.29. The SMILES string of the molecule is CCOCc1cccc(NC(=O)C2CCC(N)C2)c1. The molecule has 19 heavy (non-hydrogen) atoms. The molecule has 0 saturated heterocycles. The smallest absolute Gasteiger partial charge is 0.227 e. The summed E-state index contributed by atoms with van der Waals surface area (Å²) in [6, 6.07) is 7.98. The number of carbonyl (C=O) groups excluding carboxylic acids is 1. The van der Waals surface area contributed by atoms with Crippen molar-refractivity contribution in [1.29, 1.82) is 0 Å². The molecular formula is C15H22N2O2. The van der Waals surface area contributed by atoms with Crippen LogP contribution >= 0.6 is 0 Å². The summed E-state index contributed by atoms with van der Waals surface area (Å²) in [7, 11) is 0. The molecule has 3 N–H and O–H groups in total. The van der Waals surface area contributed by atoms with E-state index in [-0.39, 0.29) is 17.9 Å². The van der Waals surface area contributed by atoms with Crippen molar-refractivity contribution in [3.8, 4) is 0 Å². The van der Waals surface area contributed by atoms with Gasteiger partial charge in [0.15, 0.2) is 0 Å². The van der Waals surface area contributed by atoms with Gasteiger partial charge in [0.05, 0.1) is 6.61 Å². The quantitative estimate of drug-likeness (QED) is 0.855. The Balaban J connectivity index is 1.93. The van der Waals surface area contributed by atoms with Crippen LogP contribution < -0.4 is 11.1 Å². The Hall–Kier alpha value is -1.39. The number of benzene rings is 1. The minimum atomic E-state index is 0.0607. The first kappa shape index (κ1) is 14.0. The molecule has 104 valence electrons. The molecule has 0 aliphatic heterocycles. The van der Waals surface area contributed by atoms with E-state index in [9.17, 15) is 4.79 Å². The molecule has 0 radical (unpaired) electrons. The van der Waals surface area contributed by atoms with Crippen molar-refractivity contribution in [1.82, 2.24) is 0 Å². The maximum atomic E-state index is 12.1. The summed E-state index contributed by atoms with van der Waals surface area (Å²) in [6.07, 6.45) is 2.64. The number of carbonyl (C=O) groups is 1. The molecule has 0 spiro atoms. The van der Waals surface area contributed by atoms with Crippen LogP contribution in [0.5, 0.6) is 0 Å². The normalized spacial score (nSPS) is 22.4. The minimum Gasteiger partial charge on any atom is -0.377 e. The third kappa shape index (κ3) is 4.04. The molecule has 2 atom stereocenters. The fourth-order valence-electron chi connectivity index (χ4n) is 2.46. The van der Waals surface area contributed by atoms with Crippen molar-refractivity contribution in [2.24, 2.45) is 11.7 Å². The summed E-state index contributed by atoms with van der Waals surface area (Å²) in [5.74, 6) is 0.145. The Morgan fingerprint density at radius 1 is 1.47 bits per heavy atom. The Morgan fingerprint density at radius 3 is 3.00 bits per heavy atom. The van der Waals surface area contributed by atoms with E-state index >= 15 is 0 Å². The van der Waals surface area contributed by atoms with Crippen molar-refractivity contribution >= 4 is 11.6 Å². The topological polar surface area (TPSA) is 64.3 Å². The van der Waals surface area contributed by atoms with Gasteiger partial charge in [-0.1, -0.05) is 12.1 Å². The van der Waals surface area contributed by atoms with Crippen molar-refractivity contribution in [3.05, 3.63) is 29.8 Å². The van der Waals surface area contributed by atoms with Gasteiger partial charge in [-0.2, -0.15) is 0 Å². The number of nitrogens with two attached hydrogens (primary N) is 1. The highest BCUT2D eigenvalue weighted by atomic mass is 16.5. The summed E-state index contributed by atoms with van der Waals surface area (Å²) in [5.41, 5.74) is 7.75. The van der Waals surface area contributed by atoms with Gasteiger partial charge in [-0.25, -0.2) is 0 Å². The van der Waals surface area contributed by atoms with Gasteiger partial charge in [0.1, 0.15) is 0 Å². The zero-order chi connectivity index (χ0) is 13.7. The van der Waals surface area contributed by atoms with Gasteiger partial charge in [0.2, 0.25) is 5.91 Å². The van der Waals surface area contributed by atoms with E-state index < -0.39 is 0 Å². The predicted molar refractivity (Wildman–Crippen MR) is 75.7 cm³/mol. The van der Waals surface area contributed by atoms with Crippen LogP contribution in [0.3, 0.4) is 0 Å². The van der Waals surface area contributed by atoms with Gasteiger partial charge in [-0.3, -0.25) is 4.79 Å². The van der Waals surface area contributed by atoms with Crippen LogP contribution in [0.2, 0.25) is 0 Å². The van der Waals surface area contributed by atoms with Crippen LogP contribution in [0, 0.1) is 5.92 Å². The average molecular weight is 262 g/mol. The number of hydrogen-bond donors (Lipinski definition) is 2. The van der Waals surface area contributed by atoms with Crippen molar-refractivity contribution in [2.45, 2.75) is 38.8 Å². The standard InChI is InChI=1S/C15H22N2O2/c1-2-19-10-11-4-3-5-14(8-11)17-15(18)12-6-7-13(16)9-12/h3-5,8,12-13H,2,6-7,9-10,16H2,1H3,(H,17,18). The number of ether oxygens (including phenoxy) is 1. The van der Waals surface area contributed by atoms with E-state index in [2.05, 4.69) is 5.32 Å². The third-order valence-electron chi connectivity index (χ3n) is 3.51.